The zero-order valence-corrected chi connectivity index (χ0v) is 12.3. The zero-order valence-electron chi connectivity index (χ0n) is 12.3. The number of nitrogens with zero attached hydrogens (tertiary/aromatic N) is 4. The van der Waals surface area contributed by atoms with Gasteiger partial charge >= 0.3 is 0 Å². The molecule has 8 nitrogen and oxygen atoms in total. The largest absolute Gasteiger partial charge is 0.490 e. The molecule has 0 unspecified atom stereocenters. The van der Waals surface area contributed by atoms with Crippen molar-refractivity contribution >= 4 is 11.6 Å². The molecule has 0 aliphatic carbocycles. The van der Waals surface area contributed by atoms with Crippen LogP contribution in [0.1, 0.15) is 12.2 Å². The summed E-state index contributed by atoms with van der Waals surface area (Å²) in [7, 11) is 1.81. The van der Waals surface area contributed by atoms with E-state index in [4.69, 9.17) is 15.2 Å². The fourth-order valence-electron chi connectivity index (χ4n) is 2.04. The predicted octanol–water partition coefficient (Wildman–Crippen LogP) is 0.903. The Kier molecular flexibility index (Phi) is 4.08. The second-order valence-corrected chi connectivity index (χ2v) is 4.87. The first kappa shape index (κ1) is 14.2. The van der Waals surface area contributed by atoms with Crippen molar-refractivity contribution in [1.29, 1.82) is 0 Å². The molecular weight excluding hydrogens is 284 g/mol. The van der Waals surface area contributed by atoms with Gasteiger partial charge in [-0.25, -0.2) is 9.98 Å². The average molecular weight is 302 g/mol. The van der Waals surface area contributed by atoms with Gasteiger partial charge in [0.15, 0.2) is 23.3 Å². The summed E-state index contributed by atoms with van der Waals surface area (Å²) in [6.45, 7) is 1.63. The van der Waals surface area contributed by atoms with Crippen LogP contribution in [0.3, 0.4) is 0 Å². The van der Waals surface area contributed by atoms with Gasteiger partial charge < -0.3 is 20.5 Å². The van der Waals surface area contributed by atoms with Crippen molar-refractivity contribution in [3.05, 3.63) is 30.4 Å². The van der Waals surface area contributed by atoms with E-state index in [2.05, 4.69) is 20.4 Å². The Hall–Kier alpha value is -2.77. The molecule has 0 saturated carbocycles. The number of hydrogen-bond acceptors (Lipinski definition) is 5. The van der Waals surface area contributed by atoms with E-state index in [9.17, 15) is 0 Å². The molecule has 0 radical (unpaired) electrons. The highest BCUT2D eigenvalue weighted by Gasteiger charge is 2.10. The van der Waals surface area contributed by atoms with Gasteiger partial charge in [0, 0.05) is 25.2 Å². The van der Waals surface area contributed by atoms with Crippen LogP contribution < -0.4 is 20.5 Å². The number of ether oxygens (including phenoxy) is 2. The summed E-state index contributed by atoms with van der Waals surface area (Å²) in [5.41, 5.74) is 6.66. The normalized spacial score (nSPS) is 14.5. The number of guanidine groups is 1. The van der Waals surface area contributed by atoms with Crippen molar-refractivity contribution in [2.45, 2.75) is 13.0 Å². The third kappa shape index (κ3) is 3.46. The zero-order chi connectivity index (χ0) is 15.4. The van der Waals surface area contributed by atoms with Gasteiger partial charge in [-0.05, 0) is 12.1 Å². The van der Waals surface area contributed by atoms with Crippen LogP contribution in [0.25, 0.3) is 0 Å². The number of hydrogen-bond donors (Lipinski definition) is 2. The fourth-order valence-corrected chi connectivity index (χ4v) is 2.04. The number of fused-ring (bicyclic) bond motifs is 1. The molecule has 2 heterocycles. The first-order valence-electron chi connectivity index (χ1n) is 7.02. The van der Waals surface area contributed by atoms with E-state index < -0.39 is 0 Å². The Morgan fingerprint density at radius 3 is 2.95 bits per heavy atom. The van der Waals surface area contributed by atoms with Crippen molar-refractivity contribution in [3.63, 3.8) is 0 Å². The smallest absolute Gasteiger partial charge is 0.193 e. The molecule has 0 saturated heterocycles. The summed E-state index contributed by atoms with van der Waals surface area (Å²) >= 11 is 0. The SMILES string of the molecule is Cn1cnc(CN=C(N)Nc2ccc3c(c2)OCCCO3)n1. The van der Waals surface area contributed by atoms with Crippen LogP contribution in [-0.4, -0.2) is 33.9 Å². The average Bonchev–Trinajstić information content (AvgIpc) is 2.78. The molecule has 1 aromatic heterocycles. The highest BCUT2D eigenvalue weighted by atomic mass is 16.5. The summed E-state index contributed by atoms with van der Waals surface area (Å²) < 4.78 is 12.8. The summed E-state index contributed by atoms with van der Waals surface area (Å²) in [6, 6.07) is 5.58. The quantitative estimate of drug-likeness (QED) is 0.645. The lowest BCUT2D eigenvalue weighted by atomic mass is 10.3. The van der Waals surface area contributed by atoms with Gasteiger partial charge in [-0.2, -0.15) is 5.10 Å². The van der Waals surface area contributed by atoms with Crippen LogP contribution in [0, 0.1) is 0 Å². The van der Waals surface area contributed by atoms with Gasteiger partial charge in [0.1, 0.15) is 12.9 Å². The number of nitrogens with one attached hydrogen (secondary N) is 1. The third-order valence-electron chi connectivity index (χ3n) is 3.06. The number of nitrogens with two attached hydrogens (primary N) is 1. The minimum atomic E-state index is 0.293. The van der Waals surface area contributed by atoms with Crippen LogP contribution in [0.5, 0.6) is 11.5 Å². The van der Waals surface area contributed by atoms with E-state index in [-0.39, 0.29) is 0 Å². The molecule has 2 aromatic rings. The molecule has 22 heavy (non-hydrogen) atoms. The van der Waals surface area contributed by atoms with Gasteiger partial charge in [0.2, 0.25) is 0 Å². The van der Waals surface area contributed by atoms with Crippen LogP contribution >= 0.6 is 0 Å². The molecule has 1 aliphatic heterocycles. The van der Waals surface area contributed by atoms with Crippen LogP contribution in [0.2, 0.25) is 0 Å². The summed E-state index contributed by atoms with van der Waals surface area (Å²) in [5.74, 6) is 2.37. The maximum Gasteiger partial charge on any atom is 0.193 e. The van der Waals surface area contributed by atoms with Crippen molar-refractivity contribution in [1.82, 2.24) is 14.8 Å². The van der Waals surface area contributed by atoms with Gasteiger partial charge in [-0.1, -0.05) is 0 Å². The van der Waals surface area contributed by atoms with E-state index in [1.54, 1.807) is 18.1 Å². The molecule has 0 spiro atoms. The molecule has 116 valence electrons. The second-order valence-electron chi connectivity index (χ2n) is 4.87. The third-order valence-corrected chi connectivity index (χ3v) is 3.06. The van der Waals surface area contributed by atoms with Crippen LogP contribution in [-0.2, 0) is 13.6 Å². The lowest BCUT2D eigenvalue weighted by Crippen LogP contribution is -2.22. The van der Waals surface area contributed by atoms with E-state index in [0.717, 1.165) is 17.9 Å². The number of aliphatic imine (C=N–C) groups is 1. The second kappa shape index (κ2) is 6.33. The first-order valence-corrected chi connectivity index (χ1v) is 7.02. The van der Waals surface area contributed by atoms with Gasteiger partial charge in [0.05, 0.1) is 13.2 Å². The molecule has 1 aromatic carbocycles. The molecule has 3 N–H and O–H groups in total. The number of aryl methyl sites for hydroxylation is 1. The molecule has 1 aliphatic rings. The highest BCUT2D eigenvalue weighted by molar-refractivity contribution is 5.92. The topological polar surface area (TPSA) is 99.6 Å². The Balaban J connectivity index is 1.65. The lowest BCUT2D eigenvalue weighted by Gasteiger charge is -2.10. The number of anilines is 1. The number of benzene rings is 1. The van der Waals surface area contributed by atoms with Crippen LogP contribution in [0.15, 0.2) is 29.5 Å². The van der Waals surface area contributed by atoms with Crippen LogP contribution in [0.4, 0.5) is 5.69 Å². The Bertz CT molecular complexity index is 682. The van der Waals surface area contributed by atoms with Gasteiger partial charge in [-0.15, -0.1) is 0 Å². The lowest BCUT2D eigenvalue weighted by molar-refractivity contribution is 0.297. The number of aromatic nitrogens is 3. The van der Waals surface area contributed by atoms with Gasteiger partial charge in [0.25, 0.3) is 0 Å². The van der Waals surface area contributed by atoms with Crippen molar-refractivity contribution < 1.29 is 9.47 Å². The Morgan fingerprint density at radius 1 is 1.36 bits per heavy atom. The predicted molar refractivity (Wildman–Crippen MR) is 82.0 cm³/mol. The number of rotatable bonds is 3. The molecule has 8 heteroatoms. The van der Waals surface area contributed by atoms with Crippen molar-refractivity contribution in [2.24, 2.45) is 17.8 Å². The molecule has 0 amide bonds. The van der Waals surface area contributed by atoms with E-state index in [1.807, 2.05) is 18.2 Å². The molecule has 0 atom stereocenters. The minimum Gasteiger partial charge on any atom is -0.490 e. The standard InChI is InChI=1S/C14H18N6O2/c1-20-9-17-13(19-20)8-16-14(15)18-10-3-4-11-12(7-10)22-6-2-5-21-11/h3-4,7,9H,2,5-6,8H2,1H3,(H3,15,16,18). The molecule has 0 fully saturated rings. The van der Waals surface area contributed by atoms with E-state index in [1.165, 1.54) is 0 Å². The molecule has 0 bridgehead atoms. The minimum absolute atomic E-state index is 0.293. The summed E-state index contributed by atoms with van der Waals surface area (Å²) in [4.78, 5) is 8.29. The maximum atomic E-state index is 5.87. The Labute approximate surface area is 128 Å². The highest BCUT2D eigenvalue weighted by Crippen LogP contribution is 2.32. The summed E-state index contributed by atoms with van der Waals surface area (Å²) in [6.07, 6.45) is 2.50. The van der Waals surface area contributed by atoms with Gasteiger partial charge in [-0.3, -0.25) is 4.68 Å². The van der Waals surface area contributed by atoms with E-state index >= 15 is 0 Å². The summed E-state index contributed by atoms with van der Waals surface area (Å²) in [5, 5.41) is 7.16. The van der Waals surface area contributed by atoms with Crippen molar-refractivity contribution in [2.75, 3.05) is 18.5 Å². The monoisotopic (exact) mass is 302 g/mol. The van der Waals surface area contributed by atoms with Crippen molar-refractivity contribution in [3.8, 4) is 11.5 Å². The fraction of sp³-hybridized carbons (Fsp3) is 0.357. The molecular formula is C14H18N6O2. The molecule has 3 rings (SSSR count). The Morgan fingerprint density at radius 2 is 2.18 bits per heavy atom. The van der Waals surface area contributed by atoms with E-state index in [0.29, 0.717) is 37.3 Å². The first-order chi connectivity index (χ1) is 10.7. The maximum absolute atomic E-state index is 5.87.